The van der Waals surface area contributed by atoms with Crippen LogP contribution in [0.4, 0.5) is 0 Å². The van der Waals surface area contributed by atoms with E-state index in [2.05, 4.69) is 13.8 Å². The first-order chi connectivity index (χ1) is 11.0. The molecule has 0 unspecified atom stereocenters. The van der Waals surface area contributed by atoms with E-state index >= 15 is 0 Å². The van der Waals surface area contributed by atoms with Gasteiger partial charge in [-0.05, 0) is 56.6 Å². The number of hydrogen-bond acceptors (Lipinski definition) is 3. The van der Waals surface area contributed by atoms with Crippen LogP contribution in [0.15, 0.2) is 10.9 Å². The topological polar surface area (TPSA) is 48.3 Å². The van der Waals surface area contributed by atoms with Gasteiger partial charge in [0.05, 0.1) is 6.61 Å². The summed E-state index contributed by atoms with van der Waals surface area (Å²) in [6.07, 6.45) is 7.51. The van der Waals surface area contributed by atoms with Gasteiger partial charge in [0, 0.05) is 12.2 Å². The van der Waals surface area contributed by atoms with E-state index < -0.39 is 5.97 Å². The van der Waals surface area contributed by atoms with Crippen LogP contribution in [-0.4, -0.2) is 17.1 Å². The molecular formula is C19H29NO3. The molecule has 23 heavy (non-hydrogen) atoms. The van der Waals surface area contributed by atoms with Gasteiger partial charge in [-0.15, -0.1) is 0 Å². The van der Waals surface area contributed by atoms with Crippen molar-refractivity contribution >= 4 is 5.97 Å². The van der Waals surface area contributed by atoms with Gasteiger partial charge in [-0.25, -0.2) is 4.79 Å². The number of aryl methyl sites for hydroxylation is 1. The summed E-state index contributed by atoms with van der Waals surface area (Å²) in [7, 11) is 0. The maximum Gasteiger partial charge on any atom is 0.343 e. The van der Waals surface area contributed by atoms with Gasteiger partial charge >= 0.3 is 5.97 Å². The average Bonchev–Trinajstić information content (AvgIpc) is 2.47. The number of hydrogen-bond donors (Lipinski definition) is 0. The highest BCUT2D eigenvalue weighted by molar-refractivity contribution is 5.89. The molecule has 1 heterocycles. The summed E-state index contributed by atoms with van der Waals surface area (Å²) in [6.45, 7) is 7.06. The Kier molecular flexibility index (Phi) is 6.43. The standard InChI is InChI=1S/C19H29NO3/c1-4-23-19(22)16-13-15-9-7-5-6-8-10-17(15)20(18(16)21)12-11-14(2)3/h13-14H,4-12H2,1-3H3. The summed E-state index contributed by atoms with van der Waals surface area (Å²) >= 11 is 0. The molecule has 0 amide bonds. The van der Waals surface area contributed by atoms with E-state index in [1.807, 2.05) is 4.57 Å². The molecule has 4 heteroatoms. The molecule has 0 fully saturated rings. The fourth-order valence-corrected chi connectivity index (χ4v) is 3.21. The first-order valence-electron chi connectivity index (χ1n) is 8.97. The van der Waals surface area contributed by atoms with Crippen molar-refractivity contribution in [2.45, 2.75) is 72.3 Å². The monoisotopic (exact) mass is 319 g/mol. The number of pyridine rings is 1. The van der Waals surface area contributed by atoms with Crippen LogP contribution in [0.25, 0.3) is 0 Å². The van der Waals surface area contributed by atoms with Gasteiger partial charge in [-0.2, -0.15) is 0 Å². The van der Waals surface area contributed by atoms with Crippen molar-refractivity contribution in [1.29, 1.82) is 0 Å². The van der Waals surface area contributed by atoms with Crippen LogP contribution in [0.3, 0.4) is 0 Å². The summed E-state index contributed by atoms with van der Waals surface area (Å²) in [6, 6.07) is 1.80. The Bertz CT molecular complexity index is 601. The molecule has 0 bridgehead atoms. The fraction of sp³-hybridized carbons (Fsp3) is 0.684. The minimum atomic E-state index is -0.486. The molecule has 0 saturated heterocycles. The van der Waals surface area contributed by atoms with E-state index in [0.717, 1.165) is 43.4 Å². The quantitative estimate of drug-likeness (QED) is 0.777. The van der Waals surface area contributed by atoms with E-state index in [4.69, 9.17) is 4.74 Å². The molecule has 1 aliphatic rings. The molecule has 0 radical (unpaired) electrons. The highest BCUT2D eigenvalue weighted by Gasteiger charge is 2.20. The first-order valence-corrected chi connectivity index (χ1v) is 8.97. The highest BCUT2D eigenvalue weighted by atomic mass is 16.5. The molecule has 128 valence electrons. The summed E-state index contributed by atoms with van der Waals surface area (Å²) in [5.74, 6) is 0.0398. The molecule has 4 nitrogen and oxygen atoms in total. The lowest BCUT2D eigenvalue weighted by atomic mass is 9.95. The van der Waals surface area contributed by atoms with Crippen molar-refractivity contribution in [2.75, 3.05) is 6.61 Å². The third-order valence-electron chi connectivity index (χ3n) is 4.53. The molecule has 0 N–H and O–H groups in total. The summed E-state index contributed by atoms with van der Waals surface area (Å²) in [5, 5.41) is 0. The van der Waals surface area contributed by atoms with Gasteiger partial charge < -0.3 is 9.30 Å². The van der Waals surface area contributed by atoms with Gasteiger partial charge in [0.25, 0.3) is 5.56 Å². The Morgan fingerprint density at radius 2 is 1.91 bits per heavy atom. The van der Waals surface area contributed by atoms with Gasteiger partial charge in [0.15, 0.2) is 0 Å². The highest BCUT2D eigenvalue weighted by Crippen LogP contribution is 2.21. The maximum absolute atomic E-state index is 12.8. The lowest BCUT2D eigenvalue weighted by Gasteiger charge is -2.21. The predicted molar refractivity (Wildman–Crippen MR) is 92.0 cm³/mol. The minimum absolute atomic E-state index is 0.177. The zero-order valence-electron chi connectivity index (χ0n) is 14.7. The van der Waals surface area contributed by atoms with Crippen molar-refractivity contribution in [1.82, 2.24) is 4.57 Å². The lowest BCUT2D eigenvalue weighted by Crippen LogP contribution is -2.32. The molecule has 0 aromatic carbocycles. The van der Waals surface area contributed by atoms with Crippen LogP contribution in [0, 0.1) is 5.92 Å². The zero-order chi connectivity index (χ0) is 16.8. The molecule has 0 aliphatic heterocycles. The van der Waals surface area contributed by atoms with E-state index in [-0.39, 0.29) is 11.1 Å². The van der Waals surface area contributed by atoms with Crippen LogP contribution >= 0.6 is 0 Å². The van der Waals surface area contributed by atoms with Crippen molar-refractivity contribution < 1.29 is 9.53 Å². The van der Waals surface area contributed by atoms with E-state index in [1.54, 1.807) is 13.0 Å². The lowest BCUT2D eigenvalue weighted by molar-refractivity contribution is 0.0523. The summed E-state index contributed by atoms with van der Waals surface area (Å²) < 4.78 is 6.94. The van der Waals surface area contributed by atoms with Crippen LogP contribution in [0.5, 0.6) is 0 Å². The number of aromatic nitrogens is 1. The number of ether oxygens (including phenoxy) is 1. The number of fused-ring (bicyclic) bond motifs is 1. The predicted octanol–water partition coefficient (Wildman–Crippen LogP) is 3.73. The van der Waals surface area contributed by atoms with E-state index in [9.17, 15) is 9.59 Å². The number of esters is 1. The van der Waals surface area contributed by atoms with Crippen molar-refractivity contribution in [3.63, 3.8) is 0 Å². The van der Waals surface area contributed by atoms with Crippen molar-refractivity contribution in [3.8, 4) is 0 Å². The summed E-state index contributed by atoms with van der Waals surface area (Å²) in [5.41, 5.74) is 2.33. The Morgan fingerprint density at radius 1 is 1.22 bits per heavy atom. The van der Waals surface area contributed by atoms with Crippen LogP contribution in [0.1, 0.15) is 74.5 Å². The molecule has 1 aromatic rings. The smallest absolute Gasteiger partial charge is 0.343 e. The molecular weight excluding hydrogens is 290 g/mol. The second kappa shape index (κ2) is 8.32. The van der Waals surface area contributed by atoms with Gasteiger partial charge in [0.2, 0.25) is 0 Å². The largest absolute Gasteiger partial charge is 0.462 e. The molecule has 0 atom stereocenters. The maximum atomic E-state index is 12.8. The van der Waals surface area contributed by atoms with Gasteiger partial charge in [0.1, 0.15) is 5.56 Å². The third-order valence-corrected chi connectivity index (χ3v) is 4.53. The normalized spacial score (nSPS) is 15.0. The molecule has 0 spiro atoms. The Labute approximate surface area is 138 Å². The first kappa shape index (κ1) is 17.8. The number of carbonyl (C=O) groups is 1. The Balaban J connectivity index is 2.49. The van der Waals surface area contributed by atoms with Gasteiger partial charge in [-0.3, -0.25) is 4.79 Å². The molecule has 1 aromatic heterocycles. The second-order valence-corrected chi connectivity index (χ2v) is 6.80. The third kappa shape index (κ3) is 4.46. The van der Waals surface area contributed by atoms with Crippen molar-refractivity contribution in [3.05, 3.63) is 33.2 Å². The number of nitrogens with zero attached hydrogens (tertiary/aromatic N) is 1. The molecule has 2 rings (SSSR count). The number of carbonyl (C=O) groups excluding carboxylic acids is 1. The summed E-state index contributed by atoms with van der Waals surface area (Å²) in [4.78, 5) is 25.0. The average molecular weight is 319 g/mol. The zero-order valence-corrected chi connectivity index (χ0v) is 14.7. The second-order valence-electron chi connectivity index (χ2n) is 6.80. The SMILES string of the molecule is CCOC(=O)c1cc2c(n(CCC(C)C)c1=O)CCCCCC2. The van der Waals surface area contributed by atoms with Gasteiger partial charge in [-0.1, -0.05) is 26.7 Å². The minimum Gasteiger partial charge on any atom is -0.462 e. The van der Waals surface area contributed by atoms with Crippen LogP contribution in [-0.2, 0) is 24.1 Å². The van der Waals surface area contributed by atoms with Crippen LogP contribution < -0.4 is 5.56 Å². The Morgan fingerprint density at radius 3 is 2.57 bits per heavy atom. The Hall–Kier alpha value is -1.58. The van der Waals surface area contributed by atoms with Crippen LogP contribution in [0.2, 0.25) is 0 Å². The van der Waals surface area contributed by atoms with E-state index in [0.29, 0.717) is 19.1 Å². The van der Waals surface area contributed by atoms with E-state index in [1.165, 1.54) is 12.8 Å². The number of rotatable bonds is 5. The molecule has 1 aliphatic carbocycles. The molecule has 0 saturated carbocycles. The van der Waals surface area contributed by atoms with Crippen molar-refractivity contribution in [2.24, 2.45) is 5.92 Å². The fourth-order valence-electron chi connectivity index (χ4n) is 3.21.